The number of nitrogens with zero attached hydrogens (tertiary/aromatic N) is 1. The molecule has 0 fully saturated rings. The number of hydrogen-bond donors (Lipinski definition) is 0. The summed E-state index contributed by atoms with van der Waals surface area (Å²) in [5.74, 6) is -0.459. The van der Waals surface area contributed by atoms with E-state index >= 15 is 0 Å². The second-order valence-corrected chi connectivity index (χ2v) is 8.63. The Balaban J connectivity index is 2.11. The van der Waals surface area contributed by atoms with Gasteiger partial charge in [0.2, 0.25) is 0 Å². The van der Waals surface area contributed by atoms with Gasteiger partial charge in [0, 0.05) is 4.47 Å². The van der Waals surface area contributed by atoms with E-state index in [1.807, 2.05) is 30.3 Å². The SMILES string of the molecule is Cc1cc(F)ccc1S(=O)(=O)N(Cc1ccccc1)c1ccc(Br)cc1. The van der Waals surface area contributed by atoms with Gasteiger partial charge >= 0.3 is 0 Å². The van der Waals surface area contributed by atoms with E-state index in [-0.39, 0.29) is 11.4 Å². The standard InChI is InChI=1S/C20H17BrFNO2S/c1-15-13-18(22)9-12-20(15)26(24,25)23(14-16-5-3-2-4-6-16)19-10-7-17(21)8-11-19/h2-13H,14H2,1H3. The second kappa shape index (κ2) is 7.60. The zero-order valence-electron chi connectivity index (χ0n) is 14.1. The monoisotopic (exact) mass is 433 g/mol. The molecule has 0 saturated heterocycles. The van der Waals surface area contributed by atoms with Crippen molar-refractivity contribution in [3.05, 3.63) is 94.2 Å². The maximum Gasteiger partial charge on any atom is 0.264 e. The molecule has 0 saturated carbocycles. The van der Waals surface area contributed by atoms with E-state index in [4.69, 9.17) is 0 Å². The lowest BCUT2D eigenvalue weighted by Crippen LogP contribution is -2.31. The van der Waals surface area contributed by atoms with E-state index in [1.165, 1.54) is 22.5 Å². The third kappa shape index (κ3) is 3.97. The highest BCUT2D eigenvalue weighted by molar-refractivity contribution is 9.10. The van der Waals surface area contributed by atoms with E-state index in [9.17, 15) is 12.8 Å². The summed E-state index contributed by atoms with van der Waals surface area (Å²) >= 11 is 3.37. The van der Waals surface area contributed by atoms with Gasteiger partial charge in [-0.05, 0) is 60.5 Å². The van der Waals surface area contributed by atoms with E-state index in [2.05, 4.69) is 15.9 Å². The summed E-state index contributed by atoms with van der Waals surface area (Å²) in [7, 11) is -3.86. The molecule has 0 atom stereocenters. The van der Waals surface area contributed by atoms with Gasteiger partial charge in [-0.25, -0.2) is 12.8 Å². The highest BCUT2D eigenvalue weighted by Gasteiger charge is 2.27. The van der Waals surface area contributed by atoms with Crippen molar-refractivity contribution >= 4 is 31.6 Å². The van der Waals surface area contributed by atoms with Crippen molar-refractivity contribution in [3.63, 3.8) is 0 Å². The summed E-state index contributed by atoms with van der Waals surface area (Å²) in [5, 5.41) is 0. The highest BCUT2D eigenvalue weighted by atomic mass is 79.9. The minimum atomic E-state index is -3.86. The van der Waals surface area contributed by atoms with Crippen LogP contribution in [0.5, 0.6) is 0 Å². The van der Waals surface area contributed by atoms with Crippen LogP contribution in [0.2, 0.25) is 0 Å². The number of benzene rings is 3. The number of halogens is 2. The molecule has 6 heteroatoms. The first-order valence-corrected chi connectivity index (χ1v) is 10.2. The summed E-state index contributed by atoms with van der Waals surface area (Å²) < 4.78 is 42.3. The normalized spacial score (nSPS) is 11.3. The van der Waals surface area contributed by atoms with Gasteiger partial charge in [-0.15, -0.1) is 0 Å². The first-order chi connectivity index (χ1) is 12.4. The van der Waals surface area contributed by atoms with Crippen LogP contribution in [0.15, 0.2) is 82.2 Å². The molecule has 0 N–H and O–H groups in total. The topological polar surface area (TPSA) is 37.4 Å². The van der Waals surface area contributed by atoms with Crippen LogP contribution in [0, 0.1) is 12.7 Å². The Kier molecular flexibility index (Phi) is 5.44. The van der Waals surface area contributed by atoms with Gasteiger partial charge in [-0.3, -0.25) is 4.31 Å². The molecule has 0 bridgehead atoms. The fourth-order valence-corrected chi connectivity index (χ4v) is 4.62. The molecular formula is C20H17BrFNO2S. The fraction of sp³-hybridized carbons (Fsp3) is 0.100. The molecular weight excluding hydrogens is 417 g/mol. The molecule has 0 heterocycles. The molecule has 0 unspecified atom stereocenters. The number of anilines is 1. The number of rotatable bonds is 5. The van der Waals surface area contributed by atoms with E-state index in [1.54, 1.807) is 31.2 Å². The molecule has 0 radical (unpaired) electrons. The Hall–Kier alpha value is -2.18. The lowest BCUT2D eigenvalue weighted by Gasteiger charge is -2.25. The lowest BCUT2D eigenvalue weighted by molar-refractivity contribution is 0.588. The van der Waals surface area contributed by atoms with Gasteiger partial charge in [-0.1, -0.05) is 46.3 Å². The van der Waals surface area contributed by atoms with Crippen LogP contribution < -0.4 is 4.31 Å². The zero-order chi connectivity index (χ0) is 18.7. The largest absolute Gasteiger partial charge is 0.264 e. The van der Waals surface area contributed by atoms with Crippen molar-refractivity contribution in [3.8, 4) is 0 Å². The molecule has 0 aliphatic rings. The van der Waals surface area contributed by atoms with Crippen LogP contribution in [0.1, 0.15) is 11.1 Å². The fourth-order valence-electron chi connectivity index (χ4n) is 2.69. The molecule has 26 heavy (non-hydrogen) atoms. The van der Waals surface area contributed by atoms with Crippen LogP contribution in [-0.2, 0) is 16.6 Å². The molecule has 0 amide bonds. The molecule has 0 aromatic heterocycles. The van der Waals surface area contributed by atoms with Crippen molar-refractivity contribution in [2.24, 2.45) is 0 Å². The van der Waals surface area contributed by atoms with Gasteiger partial charge in [0.15, 0.2) is 0 Å². The molecule has 0 spiro atoms. The quantitative estimate of drug-likeness (QED) is 0.547. The number of sulfonamides is 1. The third-order valence-electron chi connectivity index (χ3n) is 3.99. The maximum atomic E-state index is 13.4. The van der Waals surface area contributed by atoms with E-state index < -0.39 is 15.8 Å². The highest BCUT2D eigenvalue weighted by Crippen LogP contribution is 2.29. The Bertz CT molecular complexity index is 1010. The Morgan fingerprint density at radius 1 is 0.962 bits per heavy atom. The van der Waals surface area contributed by atoms with Crippen molar-refractivity contribution in [1.82, 2.24) is 0 Å². The Morgan fingerprint density at radius 2 is 1.62 bits per heavy atom. The average Bonchev–Trinajstić information content (AvgIpc) is 2.61. The summed E-state index contributed by atoms with van der Waals surface area (Å²) in [6.07, 6.45) is 0. The summed E-state index contributed by atoms with van der Waals surface area (Å²) in [6, 6.07) is 20.1. The third-order valence-corrected chi connectivity index (χ3v) is 6.45. The van der Waals surface area contributed by atoms with Gasteiger partial charge < -0.3 is 0 Å². The minimum Gasteiger partial charge on any atom is -0.262 e. The van der Waals surface area contributed by atoms with E-state index in [0.717, 1.165) is 10.0 Å². The van der Waals surface area contributed by atoms with Gasteiger partial charge in [0.05, 0.1) is 17.1 Å². The molecule has 3 aromatic carbocycles. The number of hydrogen-bond acceptors (Lipinski definition) is 2. The summed E-state index contributed by atoms with van der Waals surface area (Å²) in [6.45, 7) is 1.78. The van der Waals surface area contributed by atoms with Crippen LogP contribution >= 0.6 is 15.9 Å². The predicted molar refractivity (Wildman–Crippen MR) is 105 cm³/mol. The molecule has 0 aliphatic carbocycles. The predicted octanol–water partition coefficient (Wildman–Crippen LogP) is 5.29. The number of aryl methyl sites for hydroxylation is 1. The van der Waals surface area contributed by atoms with Gasteiger partial charge in [0.25, 0.3) is 10.0 Å². The molecule has 3 aromatic rings. The van der Waals surface area contributed by atoms with Crippen molar-refractivity contribution in [2.75, 3.05) is 4.31 Å². The summed E-state index contributed by atoms with van der Waals surface area (Å²) in [4.78, 5) is 0.0951. The Labute approximate surface area is 161 Å². The van der Waals surface area contributed by atoms with Gasteiger partial charge in [-0.2, -0.15) is 0 Å². The van der Waals surface area contributed by atoms with Crippen LogP contribution in [0.25, 0.3) is 0 Å². The molecule has 134 valence electrons. The van der Waals surface area contributed by atoms with Crippen LogP contribution in [0.4, 0.5) is 10.1 Å². The first kappa shape index (κ1) is 18.6. The first-order valence-electron chi connectivity index (χ1n) is 7.96. The second-order valence-electron chi connectivity index (χ2n) is 5.88. The average molecular weight is 434 g/mol. The molecule has 3 rings (SSSR count). The zero-order valence-corrected chi connectivity index (χ0v) is 16.5. The van der Waals surface area contributed by atoms with Crippen molar-refractivity contribution in [2.45, 2.75) is 18.4 Å². The van der Waals surface area contributed by atoms with Gasteiger partial charge in [0.1, 0.15) is 5.82 Å². The minimum absolute atomic E-state index is 0.0951. The smallest absolute Gasteiger partial charge is 0.262 e. The molecule has 3 nitrogen and oxygen atoms in total. The lowest BCUT2D eigenvalue weighted by atomic mass is 10.2. The van der Waals surface area contributed by atoms with Crippen molar-refractivity contribution < 1.29 is 12.8 Å². The maximum absolute atomic E-state index is 13.4. The van der Waals surface area contributed by atoms with E-state index in [0.29, 0.717) is 11.3 Å². The van der Waals surface area contributed by atoms with Crippen LogP contribution in [0.3, 0.4) is 0 Å². The Morgan fingerprint density at radius 3 is 2.23 bits per heavy atom. The summed E-state index contributed by atoms with van der Waals surface area (Å²) in [5.41, 5.74) is 1.78. The van der Waals surface area contributed by atoms with Crippen molar-refractivity contribution in [1.29, 1.82) is 0 Å². The molecule has 0 aliphatic heterocycles. The van der Waals surface area contributed by atoms with Crippen LogP contribution in [-0.4, -0.2) is 8.42 Å².